The van der Waals surface area contributed by atoms with Crippen molar-refractivity contribution in [3.8, 4) is 0 Å². The summed E-state index contributed by atoms with van der Waals surface area (Å²) in [5, 5.41) is 18.1. The molecule has 0 aliphatic carbocycles. The molecule has 0 saturated heterocycles. The number of carboxylic acids is 1. The molecule has 1 amide bonds. The van der Waals surface area contributed by atoms with Crippen LogP contribution in [-0.2, 0) is 10.2 Å². The molecule has 0 aromatic carbocycles. The fourth-order valence-corrected chi connectivity index (χ4v) is 1.59. The third kappa shape index (κ3) is 4.32. The molecule has 0 aliphatic rings. The third-order valence-corrected chi connectivity index (χ3v) is 2.85. The highest BCUT2D eigenvalue weighted by molar-refractivity contribution is 5.93. The van der Waals surface area contributed by atoms with E-state index in [4.69, 9.17) is 5.11 Å². The molecule has 1 atom stereocenters. The standard InChI is InChI=1S/C13H22N4O3/c1-5-6-7-8(11(19)20)14-10(18)9-15-12(17-16-9)13(2,3)4/h8H,5-7H2,1-4H3,(H,14,18)(H,19,20)(H,15,16,17)/t8-/m0/s1. The van der Waals surface area contributed by atoms with Crippen LogP contribution in [0.2, 0.25) is 0 Å². The number of carboxylic acid groups (broad SMARTS) is 1. The van der Waals surface area contributed by atoms with E-state index in [1.54, 1.807) is 0 Å². The molecule has 1 rings (SSSR count). The lowest BCUT2D eigenvalue weighted by atomic mass is 9.96. The molecule has 3 N–H and O–H groups in total. The maximum atomic E-state index is 11.9. The normalized spacial score (nSPS) is 13.0. The Morgan fingerprint density at radius 3 is 2.50 bits per heavy atom. The average molecular weight is 282 g/mol. The maximum Gasteiger partial charge on any atom is 0.326 e. The first-order chi connectivity index (χ1) is 9.25. The molecule has 0 spiro atoms. The second-order valence-corrected chi connectivity index (χ2v) is 5.76. The van der Waals surface area contributed by atoms with Gasteiger partial charge in [-0.2, -0.15) is 0 Å². The van der Waals surface area contributed by atoms with Gasteiger partial charge in [0.15, 0.2) is 0 Å². The van der Waals surface area contributed by atoms with Crippen LogP contribution in [0.4, 0.5) is 0 Å². The summed E-state index contributed by atoms with van der Waals surface area (Å²) in [7, 11) is 0. The number of unbranched alkanes of at least 4 members (excludes halogenated alkanes) is 1. The van der Waals surface area contributed by atoms with Crippen molar-refractivity contribution in [2.45, 2.75) is 58.4 Å². The van der Waals surface area contributed by atoms with Gasteiger partial charge in [0, 0.05) is 5.41 Å². The summed E-state index contributed by atoms with van der Waals surface area (Å²) in [5.74, 6) is -1.06. The van der Waals surface area contributed by atoms with Crippen molar-refractivity contribution in [1.29, 1.82) is 0 Å². The van der Waals surface area contributed by atoms with E-state index < -0.39 is 17.9 Å². The van der Waals surface area contributed by atoms with Gasteiger partial charge in [-0.3, -0.25) is 9.89 Å². The van der Waals surface area contributed by atoms with Crippen LogP contribution in [0, 0.1) is 0 Å². The molecule has 1 aromatic rings. The van der Waals surface area contributed by atoms with E-state index in [1.165, 1.54) is 0 Å². The van der Waals surface area contributed by atoms with Gasteiger partial charge >= 0.3 is 5.97 Å². The van der Waals surface area contributed by atoms with Gasteiger partial charge in [0.1, 0.15) is 11.9 Å². The number of aromatic nitrogens is 3. The van der Waals surface area contributed by atoms with E-state index >= 15 is 0 Å². The smallest absolute Gasteiger partial charge is 0.326 e. The van der Waals surface area contributed by atoms with Crippen LogP contribution in [0.3, 0.4) is 0 Å². The van der Waals surface area contributed by atoms with Crippen molar-refractivity contribution in [2.24, 2.45) is 0 Å². The van der Waals surface area contributed by atoms with Gasteiger partial charge in [-0.15, -0.1) is 5.10 Å². The van der Waals surface area contributed by atoms with Gasteiger partial charge in [-0.05, 0) is 6.42 Å². The van der Waals surface area contributed by atoms with Crippen molar-refractivity contribution in [3.63, 3.8) is 0 Å². The van der Waals surface area contributed by atoms with Gasteiger partial charge in [0.2, 0.25) is 5.82 Å². The molecule has 0 fully saturated rings. The maximum absolute atomic E-state index is 11.9. The Kier molecular flexibility index (Phi) is 5.24. The number of amides is 1. The van der Waals surface area contributed by atoms with Gasteiger partial charge in [-0.1, -0.05) is 40.5 Å². The number of carbonyl (C=O) groups is 2. The topological polar surface area (TPSA) is 108 Å². The fourth-order valence-electron chi connectivity index (χ4n) is 1.59. The lowest BCUT2D eigenvalue weighted by molar-refractivity contribution is -0.139. The second-order valence-electron chi connectivity index (χ2n) is 5.76. The van der Waals surface area contributed by atoms with E-state index in [-0.39, 0.29) is 11.2 Å². The number of nitrogens with zero attached hydrogens (tertiary/aromatic N) is 2. The van der Waals surface area contributed by atoms with Crippen molar-refractivity contribution >= 4 is 11.9 Å². The number of aromatic amines is 1. The Labute approximate surface area is 118 Å². The summed E-state index contributed by atoms with van der Waals surface area (Å²) in [6, 6.07) is -0.904. The van der Waals surface area contributed by atoms with E-state index in [1.807, 2.05) is 27.7 Å². The molecule has 1 aromatic heterocycles. The highest BCUT2D eigenvalue weighted by Gasteiger charge is 2.24. The van der Waals surface area contributed by atoms with Gasteiger partial charge in [-0.25, -0.2) is 9.78 Å². The highest BCUT2D eigenvalue weighted by atomic mass is 16.4. The van der Waals surface area contributed by atoms with Crippen LogP contribution >= 0.6 is 0 Å². The molecule has 0 bridgehead atoms. The number of aliphatic carboxylic acids is 1. The summed E-state index contributed by atoms with van der Waals surface area (Å²) < 4.78 is 0. The van der Waals surface area contributed by atoms with Gasteiger partial charge < -0.3 is 10.4 Å². The number of hydrogen-bond acceptors (Lipinski definition) is 4. The lowest BCUT2D eigenvalue weighted by Crippen LogP contribution is -2.41. The molecular weight excluding hydrogens is 260 g/mol. The highest BCUT2D eigenvalue weighted by Crippen LogP contribution is 2.17. The monoisotopic (exact) mass is 282 g/mol. The van der Waals surface area contributed by atoms with Crippen LogP contribution in [-0.4, -0.2) is 38.2 Å². The molecule has 20 heavy (non-hydrogen) atoms. The van der Waals surface area contributed by atoms with Crippen LogP contribution in [0.25, 0.3) is 0 Å². The number of carbonyl (C=O) groups excluding carboxylic acids is 1. The first-order valence-electron chi connectivity index (χ1n) is 6.72. The Bertz CT molecular complexity index is 476. The summed E-state index contributed by atoms with van der Waals surface area (Å²) in [6.07, 6.45) is 2.00. The molecule has 0 unspecified atom stereocenters. The van der Waals surface area contributed by atoms with Crippen LogP contribution in [0.1, 0.15) is 63.4 Å². The molecule has 0 aliphatic heterocycles. The number of nitrogens with one attached hydrogen (secondary N) is 2. The predicted octanol–water partition coefficient (Wildman–Crippen LogP) is 1.48. The van der Waals surface area contributed by atoms with E-state index in [0.717, 1.165) is 12.8 Å². The van der Waals surface area contributed by atoms with Crippen LogP contribution in [0.15, 0.2) is 0 Å². The molecule has 7 nitrogen and oxygen atoms in total. The average Bonchev–Trinajstić information content (AvgIpc) is 2.83. The van der Waals surface area contributed by atoms with Gasteiger partial charge in [0.25, 0.3) is 5.91 Å². The van der Waals surface area contributed by atoms with Crippen molar-refractivity contribution < 1.29 is 14.7 Å². The third-order valence-electron chi connectivity index (χ3n) is 2.85. The van der Waals surface area contributed by atoms with Gasteiger partial charge in [0.05, 0.1) is 0 Å². The molecular formula is C13H22N4O3. The number of hydrogen-bond donors (Lipinski definition) is 3. The first-order valence-corrected chi connectivity index (χ1v) is 6.72. The van der Waals surface area contributed by atoms with Crippen LogP contribution in [0.5, 0.6) is 0 Å². The SMILES string of the molecule is CCCC[C@H](NC(=O)c1n[nH]c(C(C)(C)C)n1)C(=O)O. The zero-order chi connectivity index (χ0) is 15.3. The minimum atomic E-state index is -1.04. The van der Waals surface area contributed by atoms with Crippen molar-refractivity contribution in [3.05, 3.63) is 11.6 Å². The second kappa shape index (κ2) is 6.49. The first kappa shape index (κ1) is 16.1. The molecule has 7 heteroatoms. The predicted molar refractivity (Wildman–Crippen MR) is 73.5 cm³/mol. The largest absolute Gasteiger partial charge is 0.480 e. The lowest BCUT2D eigenvalue weighted by Gasteiger charge is -2.13. The number of rotatable bonds is 6. The Hall–Kier alpha value is -1.92. The summed E-state index contributed by atoms with van der Waals surface area (Å²) >= 11 is 0. The zero-order valence-corrected chi connectivity index (χ0v) is 12.4. The van der Waals surface area contributed by atoms with Crippen LogP contribution < -0.4 is 5.32 Å². The summed E-state index contributed by atoms with van der Waals surface area (Å²) in [6.45, 7) is 7.79. The summed E-state index contributed by atoms with van der Waals surface area (Å²) in [5.41, 5.74) is -0.250. The summed E-state index contributed by atoms with van der Waals surface area (Å²) in [4.78, 5) is 27.1. The molecule has 112 valence electrons. The fraction of sp³-hybridized carbons (Fsp3) is 0.692. The molecule has 1 heterocycles. The van der Waals surface area contributed by atoms with Crippen molar-refractivity contribution in [1.82, 2.24) is 20.5 Å². The van der Waals surface area contributed by atoms with E-state index in [0.29, 0.717) is 12.2 Å². The Morgan fingerprint density at radius 1 is 1.40 bits per heavy atom. The van der Waals surface area contributed by atoms with E-state index in [2.05, 4.69) is 20.5 Å². The Morgan fingerprint density at radius 2 is 2.05 bits per heavy atom. The number of H-pyrrole nitrogens is 1. The quantitative estimate of drug-likeness (QED) is 0.732. The molecule has 0 radical (unpaired) electrons. The Balaban J connectivity index is 2.74. The van der Waals surface area contributed by atoms with Crippen molar-refractivity contribution in [2.75, 3.05) is 0 Å². The molecule has 0 saturated carbocycles. The van der Waals surface area contributed by atoms with E-state index in [9.17, 15) is 9.59 Å². The minimum absolute atomic E-state index is 0.0299. The zero-order valence-electron chi connectivity index (χ0n) is 12.4. The minimum Gasteiger partial charge on any atom is -0.480 e.